The molecule has 1 aromatic heterocycles. The first-order valence-electron chi connectivity index (χ1n) is 8.64. The Hall–Kier alpha value is -2.34. The second kappa shape index (κ2) is 8.16. The minimum atomic E-state index is -0.975. The quantitative estimate of drug-likeness (QED) is 0.554. The Kier molecular flexibility index (Phi) is 6.20. The van der Waals surface area contributed by atoms with Crippen molar-refractivity contribution in [3.05, 3.63) is 52.8 Å². The molecule has 0 saturated heterocycles. The van der Waals surface area contributed by atoms with Crippen LogP contribution in [-0.2, 0) is 19.2 Å². The summed E-state index contributed by atoms with van der Waals surface area (Å²) in [5.74, 6) is 0.682. The third-order valence-corrected chi connectivity index (χ3v) is 4.39. The Morgan fingerprint density at radius 1 is 1.24 bits per heavy atom. The molecule has 3 N–H and O–H groups in total. The number of nitrogens with one attached hydrogen (secondary N) is 2. The zero-order chi connectivity index (χ0) is 18.4. The molecule has 1 atom stereocenters. The topological polar surface area (TPSA) is 74.5 Å². The molecule has 0 radical (unpaired) electrons. The summed E-state index contributed by atoms with van der Waals surface area (Å²) in [6.45, 7) is 9.54. The van der Waals surface area contributed by atoms with Crippen molar-refractivity contribution in [2.24, 2.45) is 12.0 Å². The Bertz CT molecular complexity index is 719. The van der Waals surface area contributed by atoms with Crippen LogP contribution in [0.1, 0.15) is 36.4 Å². The second-order valence-corrected chi connectivity index (χ2v) is 6.46. The van der Waals surface area contributed by atoms with Gasteiger partial charge in [-0.3, -0.25) is 4.68 Å². The molecular weight excluding hydrogens is 314 g/mol. The van der Waals surface area contributed by atoms with E-state index >= 15 is 0 Å². The van der Waals surface area contributed by atoms with Crippen LogP contribution >= 0.6 is 0 Å². The predicted octanol–water partition coefficient (Wildman–Crippen LogP) is 2.00. The van der Waals surface area contributed by atoms with Gasteiger partial charge in [-0.15, -0.1) is 0 Å². The van der Waals surface area contributed by atoms with Crippen LogP contribution in [0, 0.1) is 13.8 Å². The number of guanidine groups is 1. The van der Waals surface area contributed by atoms with Gasteiger partial charge < -0.3 is 15.7 Å². The number of aromatic nitrogens is 2. The summed E-state index contributed by atoms with van der Waals surface area (Å²) >= 11 is 0. The maximum absolute atomic E-state index is 10.7. The molecule has 0 bridgehead atoms. The van der Waals surface area contributed by atoms with Crippen LogP contribution in [0.15, 0.2) is 35.3 Å². The van der Waals surface area contributed by atoms with Crippen molar-refractivity contribution >= 4 is 5.96 Å². The Morgan fingerprint density at radius 3 is 2.48 bits per heavy atom. The van der Waals surface area contributed by atoms with Crippen molar-refractivity contribution in [1.29, 1.82) is 0 Å². The summed E-state index contributed by atoms with van der Waals surface area (Å²) < 4.78 is 1.88. The van der Waals surface area contributed by atoms with Crippen molar-refractivity contribution in [2.75, 3.05) is 13.1 Å². The van der Waals surface area contributed by atoms with Crippen LogP contribution in [0.3, 0.4) is 0 Å². The lowest BCUT2D eigenvalue weighted by Crippen LogP contribution is -2.44. The number of hydrogen-bond donors (Lipinski definition) is 3. The molecule has 0 aliphatic heterocycles. The summed E-state index contributed by atoms with van der Waals surface area (Å²) in [6, 6.07) is 9.65. The van der Waals surface area contributed by atoms with Gasteiger partial charge >= 0.3 is 0 Å². The van der Waals surface area contributed by atoms with E-state index in [1.165, 1.54) is 0 Å². The smallest absolute Gasteiger partial charge is 0.191 e. The van der Waals surface area contributed by atoms with E-state index in [1.807, 2.05) is 62.8 Å². The van der Waals surface area contributed by atoms with Gasteiger partial charge in [-0.1, -0.05) is 30.3 Å². The predicted molar refractivity (Wildman–Crippen MR) is 102 cm³/mol. The number of aliphatic hydroxyl groups is 1. The van der Waals surface area contributed by atoms with Gasteiger partial charge in [0.05, 0.1) is 18.8 Å². The number of hydrogen-bond acceptors (Lipinski definition) is 3. The Balaban J connectivity index is 2.07. The monoisotopic (exact) mass is 343 g/mol. The number of benzene rings is 1. The molecule has 25 heavy (non-hydrogen) atoms. The average molecular weight is 343 g/mol. The summed E-state index contributed by atoms with van der Waals surface area (Å²) in [5.41, 5.74) is 3.15. The van der Waals surface area contributed by atoms with Crippen LogP contribution in [-0.4, -0.2) is 33.9 Å². The van der Waals surface area contributed by atoms with Crippen molar-refractivity contribution < 1.29 is 5.11 Å². The minimum absolute atomic E-state index is 0.369. The van der Waals surface area contributed by atoms with Crippen LogP contribution in [0.2, 0.25) is 0 Å². The molecule has 1 aromatic carbocycles. The van der Waals surface area contributed by atoms with E-state index in [0.717, 1.165) is 29.1 Å². The lowest BCUT2D eigenvalue weighted by molar-refractivity contribution is 0.0617. The van der Waals surface area contributed by atoms with Crippen molar-refractivity contribution in [3.8, 4) is 0 Å². The number of aliphatic imine (C=N–C) groups is 1. The van der Waals surface area contributed by atoms with Crippen molar-refractivity contribution in [2.45, 2.75) is 39.8 Å². The number of rotatable bonds is 6. The molecule has 1 heterocycles. The van der Waals surface area contributed by atoms with Gasteiger partial charge in [0.25, 0.3) is 0 Å². The van der Waals surface area contributed by atoms with E-state index in [2.05, 4.69) is 20.7 Å². The maximum Gasteiger partial charge on any atom is 0.191 e. The first-order valence-corrected chi connectivity index (χ1v) is 8.64. The first-order chi connectivity index (χ1) is 11.8. The number of aryl methyl sites for hydroxylation is 2. The lowest BCUT2D eigenvalue weighted by Gasteiger charge is -2.25. The first kappa shape index (κ1) is 19.0. The van der Waals surface area contributed by atoms with Crippen LogP contribution in [0.5, 0.6) is 0 Å². The number of nitrogens with zero attached hydrogens (tertiary/aromatic N) is 3. The molecule has 0 fully saturated rings. The maximum atomic E-state index is 10.7. The molecule has 6 nitrogen and oxygen atoms in total. The molecular formula is C19H29N5O. The molecule has 0 aliphatic rings. The van der Waals surface area contributed by atoms with E-state index in [-0.39, 0.29) is 0 Å². The zero-order valence-electron chi connectivity index (χ0n) is 15.8. The molecule has 0 aliphatic carbocycles. The van der Waals surface area contributed by atoms with Gasteiger partial charge in [0.2, 0.25) is 0 Å². The SMILES string of the molecule is CCNC(=NCc1c(C)nn(C)c1C)NCC(C)(O)c1ccccc1. The van der Waals surface area contributed by atoms with Gasteiger partial charge in [-0.25, -0.2) is 4.99 Å². The van der Waals surface area contributed by atoms with E-state index in [4.69, 9.17) is 0 Å². The molecule has 0 amide bonds. The van der Waals surface area contributed by atoms with Gasteiger partial charge in [-0.05, 0) is 33.3 Å². The molecule has 1 unspecified atom stereocenters. The van der Waals surface area contributed by atoms with Crippen LogP contribution < -0.4 is 10.6 Å². The van der Waals surface area contributed by atoms with Crippen molar-refractivity contribution in [1.82, 2.24) is 20.4 Å². The van der Waals surface area contributed by atoms with Crippen LogP contribution in [0.4, 0.5) is 0 Å². The fourth-order valence-corrected chi connectivity index (χ4v) is 2.70. The molecule has 0 saturated carbocycles. The lowest BCUT2D eigenvalue weighted by atomic mass is 9.96. The summed E-state index contributed by atoms with van der Waals surface area (Å²) in [6.07, 6.45) is 0. The third kappa shape index (κ3) is 4.82. The van der Waals surface area contributed by atoms with E-state index in [0.29, 0.717) is 19.0 Å². The van der Waals surface area contributed by atoms with Gasteiger partial charge in [0.1, 0.15) is 5.60 Å². The molecule has 0 spiro atoms. The fraction of sp³-hybridized carbons (Fsp3) is 0.474. The van der Waals surface area contributed by atoms with Gasteiger partial charge in [-0.2, -0.15) is 5.10 Å². The van der Waals surface area contributed by atoms with E-state index in [1.54, 1.807) is 6.92 Å². The highest BCUT2D eigenvalue weighted by Gasteiger charge is 2.23. The Morgan fingerprint density at radius 2 is 1.92 bits per heavy atom. The van der Waals surface area contributed by atoms with Crippen LogP contribution in [0.25, 0.3) is 0 Å². The molecule has 6 heteroatoms. The standard InChI is InChI=1S/C19H29N5O/c1-6-20-18(21-12-17-14(2)23-24(5)15(17)3)22-13-19(4,25)16-10-8-7-9-11-16/h7-11,25H,6,12-13H2,1-5H3,(H2,20,21,22). The zero-order valence-corrected chi connectivity index (χ0v) is 15.8. The molecule has 136 valence electrons. The molecule has 2 aromatic rings. The highest BCUT2D eigenvalue weighted by molar-refractivity contribution is 5.79. The highest BCUT2D eigenvalue weighted by atomic mass is 16.3. The summed E-state index contributed by atoms with van der Waals surface area (Å²) in [5, 5.41) is 21.6. The third-order valence-electron chi connectivity index (χ3n) is 4.39. The molecule has 2 rings (SSSR count). The van der Waals surface area contributed by atoms with Gasteiger partial charge in [0.15, 0.2) is 5.96 Å². The second-order valence-electron chi connectivity index (χ2n) is 6.46. The minimum Gasteiger partial charge on any atom is -0.384 e. The normalized spacial score (nSPS) is 14.2. The highest BCUT2D eigenvalue weighted by Crippen LogP contribution is 2.19. The van der Waals surface area contributed by atoms with E-state index < -0.39 is 5.60 Å². The average Bonchev–Trinajstić information content (AvgIpc) is 2.83. The van der Waals surface area contributed by atoms with Crippen molar-refractivity contribution in [3.63, 3.8) is 0 Å². The van der Waals surface area contributed by atoms with E-state index in [9.17, 15) is 5.11 Å². The Labute approximate surface area is 150 Å². The summed E-state index contributed by atoms with van der Waals surface area (Å²) in [7, 11) is 1.94. The fourth-order valence-electron chi connectivity index (χ4n) is 2.70. The summed E-state index contributed by atoms with van der Waals surface area (Å²) in [4.78, 5) is 4.65. The largest absolute Gasteiger partial charge is 0.384 e. The van der Waals surface area contributed by atoms with Gasteiger partial charge in [0, 0.05) is 24.8 Å².